The lowest BCUT2D eigenvalue weighted by Gasteiger charge is -2.26. The molecule has 2 aromatic heterocycles. The Balaban J connectivity index is 1.37. The first kappa shape index (κ1) is 22.3. The fourth-order valence-corrected chi connectivity index (χ4v) is 6.33. The molecule has 1 atom stereocenters. The smallest absolute Gasteiger partial charge is 0.238 e. The number of fused-ring (bicyclic) bond motifs is 2. The van der Waals surface area contributed by atoms with Crippen LogP contribution in [0.15, 0.2) is 24.4 Å². The van der Waals surface area contributed by atoms with E-state index in [9.17, 15) is 10.1 Å². The van der Waals surface area contributed by atoms with Crippen molar-refractivity contribution in [2.45, 2.75) is 37.6 Å². The largest absolute Gasteiger partial charge is 0.353 e. The third kappa shape index (κ3) is 4.34. The topological polar surface area (TPSA) is 112 Å². The summed E-state index contributed by atoms with van der Waals surface area (Å²) >= 11 is 2.00. The molecule has 1 unspecified atom stereocenters. The van der Waals surface area contributed by atoms with Crippen molar-refractivity contribution in [2.24, 2.45) is 0 Å². The number of anilines is 2. The number of nitrogens with one attached hydrogen (secondary N) is 2. The molecule has 6 rings (SSSR count). The molecule has 180 valence electrons. The van der Waals surface area contributed by atoms with E-state index in [4.69, 9.17) is 15.1 Å². The van der Waals surface area contributed by atoms with Crippen LogP contribution in [0.4, 0.5) is 11.6 Å². The molecular formula is C25H28N8OS. The van der Waals surface area contributed by atoms with E-state index < -0.39 is 5.92 Å². The number of hydrogen-bond acceptors (Lipinski definition) is 8. The van der Waals surface area contributed by atoms with Gasteiger partial charge in [-0.2, -0.15) is 27.1 Å². The Morgan fingerprint density at radius 1 is 1.20 bits per heavy atom. The fraction of sp³-hybridized carbons (Fsp3) is 0.480. The second-order valence-corrected chi connectivity index (χ2v) is 10.7. The van der Waals surface area contributed by atoms with Crippen LogP contribution in [0.25, 0.3) is 11.0 Å². The number of carbonyl (C=O) groups is 1. The Hall–Kier alpha value is -3.16. The Morgan fingerprint density at radius 3 is 2.83 bits per heavy atom. The minimum Gasteiger partial charge on any atom is -0.353 e. The maximum Gasteiger partial charge on any atom is 0.238 e. The van der Waals surface area contributed by atoms with Gasteiger partial charge in [-0.3, -0.25) is 14.4 Å². The van der Waals surface area contributed by atoms with Crippen molar-refractivity contribution in [1.82, 2.24) is 24.6 Å². The number of aromatic nitrogens is 4. The molecule has 9 nitrogen and oxygen atoms in total. The Bertz CT molecular complexity index is 1300. The van der Waals surface area contributed by atoms with Gasteiger partial charge in [0.05, 0.1) is 28.8 Å². The molecule has 3 aromatic rings. The van der Waals surface area contributed by atoms with Crippen LogP contribution >= 0.6 is 11.8 Å². The maximum absolute atomic E-state index is 13.2. The molecule has 2 fully saturated rings. The van der Waals surface area contributed by atoms with Crippen molar-refractivity contribution in [1.29, 1.82) is 5.26 Å². The van der Waals surface area contributed by atoms with Crippen LogP contribution in [0.2, 0.25) is 0 Å². The Labute approximate surface area is 208 Å². The summed E-state index contributed by atoms with van der Waals surface area (Å²) in [4.78, 5) is 25.2. The average Bonchev–Trinajstić information content (AvgIpc) is 3.62. The molecule has 1 saturated carbocycles. The molecule has 1 saturated heterocycles. The van der Waals surface area contributed by atoms with Crippen molar-refractivity contribution in [2.75, 3.05) is 48.3 Å². The minimum absolute atomic E-state index is 0.138. The van der Waals surface area contributed by atoms with Crippen molar-refractivity contribution in [3.63, 3.8) is 0 Å². The van der Waals surface area contributed by atoms with Crippen LogP contribution < -0.4 is 10.6 Å². The van der Waals surface area contributed by atoms with Gasteiger partial charge in [-0.15, -0.1) is 0 Å². The van der Waals surface area contributed by atoms with Crippen LogP contribution in [0.1, 0.15) is 54.5 Å². The Kier molecular flexibility index (Phi) is 6.04. The lowest BCUT2D eigenvalue weighted by Crippen LogP contribution is -2.36. The van der Waals surface area contributed by atoms with E-state index in [0.29, 0.717) is 28.9 Å². The molecule has 4 heterocycles. The third-order valence-electron chi connectivity index (χ3n) is 7.23. The van der Waals surface area contributed by atoms with E-state index in [1.807, 2.05) is 22.6 Å². The number of carbonyl (C=O) groups excluding carboxylic acids is 1. The summed E-state index contributed by atoms with van der Waals surface area (Å²) in [5, 5.41) is 21.4. The van der Waals surface area contributed by atoms with Gasteiger partial charge in [0, 0.05) is 49.6 Å². The van der Waals surface area contributed by atoms with Gasteiger partial charge >= 0.3 is 0 Å². The van der Waals surface area contributed by atoms with E-state index in [2.05, 4.69) is 21.6 Å². The zero-order valence-electron chi connectivity index (χ0n) is 19.5. The molecular weight excluding hydrogens is 460 g/mol. The highest BCUT2D eigenvalue weighted by atomic mass is 32.2. The summed E-state index contributed by atoms with van der Waals surface area (Å²) in [7, 11) is 0. The highest BCUT2D eigenvalue weighted by Gasteiger charge is 2.36. The van der Waals surface area contributed by atoms with E-state index in [1.54, 1.807) is 18.2 Å². The van der Waals surface area contributed by atoms with E-state index in [0.717, 1.165) is 55.7 Å². The average molecular weight is 489 g/mol. The summed E-state index contributed by atoms with van der Waals surface area (Å²) in [5.74, 6) is 2.09. The van der Waals surface area contributed by atoms with Gasteiger partial charge in [0.25, 0.3) is 0 Å². The summed E-state index contributed by atoms with van der Waals surface area (Å²) in [5.41, 5.74) is 3.28. The van der Waals surface area contributed by atoms with Crippen LogP contribution in [0, 0.1) is 11.3 Å². The number of rotatable bonds is 6. The minimum atomic E-state index is -0.607. The van der Waals surface area contributed by atoms with Crippen LogP contribution in [0.3, 0.4) is 0 Å². The van der Waals surface area contributed by atoms with Gasteiger partial charge in [0.15, 0.2) is 5.65 Å². The standard InChI is InChI=1S/C25H28N8OS/c26-14-16-5-6-20-18(13-16)21(24(34)28-20)22-19-15-33(17-3-1-2-4-17)31-23(19)30-25(29-22)27-7-8-32-9-11-35-12-10-32/h5-6,13,15,17,21H,1-4,7-12H2,(H,28,34)(H,27,30,31). The highest BCUT2D eigenvalue weighted by Crippen LogP contribution is 2.40. The predicted octanol–water partition coefficient (Wildman–Crippen LogP) is 3.36. The van der Waals surface area contributed by atoms with Crippen molar-refractivity contribution >= 4 is 40.3 Å². The van der Waals surface area contributed by atoms with Crippen molar-refractivity contribution in [3.05, 3.63) is 41.2 Å². The van der Waals surface area contributed by atoms with Gasteiger partial charge in [-0.1, -0.05) is 12.8 Å². The highest BCUT2D eigenvalue weighted by molar-refractivity contribution is 7.99. The first-order valence-corrected chi connectivity index (χ1v) is 13.5. The third-order valence-corrected chi connectivity index (χ3v) is 8.17. The second kappa shape index (κ2) is 9.47. The van der Waals surface area contributed by atoms with E-state index in [-0.39, 0.29) is 5.91 Å². The zero-order chi connectivity index (χ0) is 23.8. The lowest BCUT2D eigenvalue weighted by atomic mass is 9.94. The van der Waals surface area contributed by atoms with Gasteiger partial charge in [0.2, 0.25) is 11.9 Å². The molecule has 2 N–H and O–H groups in total. The number of amides is 1. The first-order chi connectivity index (χ1) is 17.2. The molecule has 0 radical (unpaired) electrons. The number of nitrogens with zero attached hydrogens (tertiary/aromatic N) is 6. The molecule has 35 heavy (non-hydrogen) atoms. The van der Waals surface area contributed by atoms with E-state index in [1.165, 1.54) is 24.3 Å². The van der Waals surface area contributed by atoms with E-state index >= 15 is 0 Å². The van der Waals surface area contributed by atoms with Gasteiger partial charge < -0.3 is 10.6 Å². The number of benzene rings is 1. The normalized spacial score (nSPS) is 20.7. The molecule has 10 heteroatoms. The van der Waals surface area contributed by atoms with Crippen LogP contribution in [-0.2, 0) is 4.79 Å². The van der Waals surface area contributed by atoms with Crippen molar-refractivity contribution in [3.8, 4) is 6.07 Å². The summed E-state index contributed by atoms with van der Waals surface area (Å²) in [6, 6.07) is 7.85. The Morgan fingerprint density at radius 2 is 2.03 bits per heavy atom. The lowest BCUT2D eigenvalue weighted by molar-refractivity contribution is -0.116. The van der Waals surface area contributed by atoms with Crippen LogP contribution in [-0.4, -0.2) is 68.2 Å². The van der Waals surface area contributed by atoms with Crippen molar-refractivity contribution < 1.29 is 4.79 Å². The molecule has 1 aromatic carbocycles. The van der Waals surface area contributed by atoms with Gasteiger partial charge in [-0.25, -0.2) is 4.98 Å². The zero-order valence-corrected chi connectivity index (χ0v) is 20.4. The molecule has 2 aliphatic heterocycles. The SMILES string of the molecule is N#Cc1ccc2c(c1)C(c1nc(NCCN3CCSCC3)nc3nn(C4CCCC4)cc13)C(=O)N2. The monoisotopic (exact) mass is 488 g/mol. The molecule has 1 aliphatic carbocycles. The van der Waals surface area contributed by atoms with Crippen LogP contribution in [0.5, 0.6) is 0 Å². The van der Waals surface area contributed by atoms with Gasteiger partial charge in [-0.05, 0) is 36.6 Å². The number of nitriles is 1. The predicted molar refractivity (Wildman–Crippen MR) is 137 cm³/mol. The van der Waals surface area contributed by atoms with Gasteiger partial charge in [0.1, 0.15) is 5.92 Å². The maximum atomic E-state index is 13.2. The second-order valence-electron chi connectivity index (χ2n) is 9.43. The molecule has 3 aliphatic rings. The number of thioether (sulfide) groups is 1. The summed E-state index contributed by atoms with van der Waals surface area (Å²) in [6.07, 6.45) is 6.63. The summed E-state index contributed by atoms with van der Waals surface area (Å²) < 4.78 is 2.02. The molecule has 0 spiro atoms. The quantitative estimate of drug-likeness (QED) is 0.543. The summed E-state index contributed by atoms with van der Waals surface area (Å²) in [6.45, 7) is 3.85. The first-order valence-electron chi connectivity index (χ1n) is 12.4. The fourth-order valence-electron chi connectivity index (χ4n) is 5.35. The number of hydrogen-bond donors (Lipinski definition) is 2. The molecule has 1 amide bonds. The molecule has 0 bridgehead atoms.